The quantitative estimate of drug-likeness (QED) is 0.717. The van der Waals surface area contributed by atoms with Crippen molar-refractivity contribution in [2.75, 3.05) is 0 Å². The number of hydrogen-bond acceptors (Lipinski definition) is 2. The number of halogens is 5. The summed E-state index contributed by atoms with van der Waals surface area (Å²) < 4.78 is 35.6. The van der Waals surface area contributed by atoms with E-state index in [-0.39, 0.29) is 5.15 Å². The zero-order chi connectivity index (χ0) is 9.35. The van der Waals surface area contributed by atoms with Crippen LogP contribution in [0.1, 0.15) is 5.69 Å². The van der Waals surface area contributed by atoms with Crippen molar-refractivity contribution in [2.45, 2.75) is 6.18 Å². The Morgan fingerprint density at radius 2 is 2.00 bits per heavy atom. The fourth-order valence-corrected chi connectivity index (χ4v) is 1.29. The highest BCUT2D eigenvalue weighted by atomic mass is 79.9. The van der Waals surface area contributed by atoms with E-state index in [2.05, 4.69) is 25.9 Å². The molecule has 0 unspecified atom stereocenters. The van der Waals surface area contributed by atoms with Crippen molar-refractivity contribution in [3.63, 3.8) is 0 Å². The van der Waals surface area contributed by atoms with Crippen LogP contribution in [0.5, 0.6) is 0 Å². The lowest BCUT2D eigenvalue weighted by Crippen LogP contribution is -2.09. The molecule has 0 saturated heterocycles. The molecule has 1 heterocycles. The van der Waals surface area contributed by atoms with Gasteiger partial charge in [0.1, 0.15) is 9.76 Å². The average molecular weight is 261 g/mol. The minimum absolute atomic E-state index is 0.0881. The number of rotatable bonds is 0. The minimum Gasteiger partial charge on any atom is -0.246 e. The third-order valence-electron chi connectivity index (χ3n) is 0.969. The Kier molecular flexibility index (Phi) is 2.58. The second-order valence-corrected chi connectivity index (χ2v) is 2.97. The maximum Gasteiger partial charge on any atom is 0.436 e. The zero-order valence-electron chi connectivity index (χ0n) is 5.36. The predicted molar refractivity (Wildman–Crippen MR) is 39.7 cm³/mol. The van der Waals surface area contributed by atoms with E-state index < -0.39 is 16.5 Å². The topological polar surface area (TPSA) is 25.8 Å². The third kappa shape index (κ3) is 2.07. The van der Waals surface area contributed by atoms with Gasteiger partial charge in [0, 0.05) is 0 Å². The molecule has 0 aromatic carbocycles. The first-order valence-corrected chi connectivity index (χ1v) is 3.83. The van der Waals surface area contributed by atoms with Crippen molar-refractivity contribution >= 4 is 27.5 Å². The Morgan fingerprint density at radius 3 is 2.42 bits per heavy atom. The number of aromatic nitrogens is 2. The van der Waals surface area contributed by atoms with Gasteiger partial charge in [-0.2, -0.15) is 13.2 Å². The molecule has 66 valence electrons. The van der Waals surface area contributed by atoms with Crippen LogP contribution in [0.15, 0.2) is 10.8 Å². The maximum absolute atomic E-state index is 12.0. The molecule has 0 saturated carbocycles. The molecule has 0 aliphatic heterocycles. The first-order chi connectivity index (χ1) is 5.41. The fourth-order valence-electron chi connectivity index (χ4n) is 0.537. The molecule has 0 aliphatic rings. The lowest BCUT2D eigenvalue weighted by Gasteiger charge is -2.05. The Balaban J connectivity index is 3.19. The Hall–Kier alpha value is -0.360. The first-order valence-electron chi connectivity index (χ1n) is 2.66. The summed E-state index contributed by atoms with van der Waals surface area (Å²) in [5.74, 6) is 0. The summed E-state index contributed by atoms with van der Waals surface area (Å²) in [5, 5.41) is -0.0881. The van der Waals surface area contributed by atoms with Gasteiger partial charge >= 0.3 is 6.18 Å². The smallest absolute Gasteiger partial charge is 0.246 e. The molecule has 0 bridgehead atoms. The van der Waals surface area contributed by atoms with Gasteiger partial charge in [0.05, 0.1) is 6.20 Å². The molecule has 0 atom stereocenters. The molecule has 1 aromatic rings. The molecule has 1 rings (SSSR count). The van der Waals surface area contributed by atoms with Crippen molar-refractivity contribution < 1.29 is 13.2 Å². The minimum atomic E-state index is -4.50. The van der Waals surface area contributed by atoms with E-state index in [1.807, 2.05) is 0 Å². The van der Waals surface area contributed by atoms with Gasteiger partial charge < -0.3 is 0 Å². The predicted octanol–water partition coefficient (Wildman–Crippen LogP) is 2.91. The van der Waals surface area contributed by atoms with E-state index in [4.69, 9.17) is 11.6 Å². The fraction of sp³-hybridized carbons (Fsp3) is 0.200. The van der Waals surface area contributed by atoms with Crippen molar-refractivity contribution in [2.24, 2.45) is 0 Å². The van der Waals surface area contributed by atoms with Gasteiger partial charge in [-0.15, -0.1) is 0 Å². The Labute approximate surface area is 78.9 Å². The van der Waals surface area contributed by atoms with Crippen molar-refractivity contribution in [3.05, 3.63) is 21.6 Å². The number of alkyl halides is 3. The lowest BCUT2D eigenvalue weighted by molar-refractivity contribution is -0.142. The molecular weight excluding hydrogens is 260 g/mol. The van der Waals surface area contributed by atoms with Crippen LogP contribution in [0, 0.1) is 0 Å². The highest BCUT2D eigenvalue weighted by Crippen LogP contribution is 2.32. The molecule has 7 heteroatoms. The summed E-state index contributed by atoms with van der Waals surface area (Å²) in [5.41, 5.74) is -1.08. The van der Waals surface area contributed by atoms with E-state index in [1.54, 1.807) is 0 Å². The summed E-state index contributed by atoms with van der Waals surface area (Å²) >= 11 is 7.90. The normalized spacial score (nSPS) is 11.8. The van der Waals surface area contributed by atoms with E-state index >= 15 is 0 Å². The molecule has 0 amide bonds. The number of nitrogens with zero attached hydrogens (tertiary/aromatic N) is 2. The van der Waals surface area contributed by atoms with Gasteiger partial charge in [-0.25, -0.2) is 9.97 Å². The van der Waals surface area contributed by atoms with E-state index in [0.29, 0.717) is 0 Å². The van der Waals surface area contributed by atoms with Gasteiger partial charge in [0.25, 0.3) is 0 Å². The molecule has 0 N–H and O–H groups in total. The van der Waals surface area contributed by atoms with Crippen LogP contribution in [0.2, 0.25) is 5.15 Å². The molecule has 0 aliphatic carbocycles. The number of hydrogen-bond donors (Lipinski definition) is 0. The summed E-state index contributed by atoms with van der Waals surface area (Å²) in [6.45, 7) is 0. The molecule has 12 heavy (non-hydrogen) atoms. The molecular formula is C5HBrClF3N2. The lowest BCUT2D eigenvalue weighted by atomic mass is 10.4. The van der Waals surface area contributed by atoms with E-state index in [1.165, 1.54) is 0 Å². The summed E-state index contributed by atoms with van der Waals surface area (Å²) in [6, 6.07) is 0. The van der Waals surface area contributed by atoms with Crippen LogP contribution in [0.4, 0.5) is 13.2 Å². The van der Waals surface area contributed by atoms with Crippen molar-refractivity contribution in [1.29, 1.82) is 0 Å². The van der Waals surface area contributed by atoms with Crippen LogP contribution in [-0.4, -0.2) is 9.97 Å². The SMILES string of the molecule is FC(F)(F)c1ncc(Cl)nc1Br. The van der Waals surface area contributed by atoms with Crippen LogP contribution >= 0.6 is 27.5 Å². The first kappa shape index (κ1) is 9.73. The third-order valence-corrected chi connectivity index (χ3v) is 1.70. The summed E-state index contributed by atoms with van der Waals surface area (Å²) in [7, 11) is 0. The van der Waals surface area contributed by atoms with Gasteiger partial charge in [0.15, 0.2) is 5.69 Å². The second kappa shape index (κ2) is 3.18. The highest BCUT2D eigenvalue weighted by molar-refractivity contribution is 9.10. The Morgan fingerprint density at radius 1 is 1.42 bits per heavy atom. The molecule has 2 nitrogen and oxygen atoms in total. The van der Waals surface area contributed by atoms with Gasteiger partial charge in [-0.3, -0.25) is 0 Å². The summed E-state index contributed by atoms with van der Waals surface area (Å²) in [4.78, 5) is 6.42. The van der Waals surface area contributed by atoms with Crippen LogP contribution in [0.3, 0.4) is 0 Å². The van der Waals surface area contributed by atoms with E-state index in [0.717, 1.165) is 6.20 Å². The largest absolute Gasteiger partial charge is 0.436 e. The summed E-state index contributed by atoms with van der Waals surface area (Å²) in [6.07, 6.45) is -3.66. The van der Waals surface area contributed by atoms with Crippen molar-refractivity contribution in [3.8, 4) is 0 Å². The van der Waals surface area contributed by atoms with Crippen LogP contribution in [0.25, 0.3) is 0 Å². The molecule has 0 fully saturated rings. The molecule has 0 spiro atoms. The second-order valence-electron chi connectivity index (χ2n) is 1.83. The van der Waals surface area contributed by atoms with Crippen molar-refractivity contribution in [1.82, 2.24) is 9.97 Å². The standard InChI is InChI=1S/C5HBrClF3N2/c6-4-3(5(8,9)10)11-1-2(7)12-4/h1H. The molecule has 1 aromatic heterocycles. The maximum atomic E-state index is 12.0. The van der Waals surface area contributed by atoms with E-state index in [9.17, 15) is 13.2 Å². The zero-order valence-corrected chi connectivity index (χ0v) is 7.70. The van der Waals surface area contributed by atoms with Crippen LogP contribution in [-0.2, 0) is 6.18 Å². The highest BCUT2D eigenvalue weighted by Gasteiger charge is 2.35. The Bertz CT molecular complexity index is 301. The van der Waals surface area contributed by atoms with Gasteiger partial charge in [-0.1, -0.05) is 11.6 Å². The van der Waals surface area contributed by atoms with Gasteiger partial charge in [-0.05, 0) is 15.9 Å². The monoisotopic (exact) mass is 260 g/mol. The van der Waals surface area contributed by atoms with Crippen LogP contribution < -0.4 is 0 Å². The van der Waals surface area contributed by atoms with Gasteiger partial charge in [0.2, 0.25) is 0 Å². The average Bonchev–Trinajstić information content (AvgIpc) is 1.83. The molecule has 0 radical (unpaired) electrons.